The Labute approximate surface area is 593 Å². The average Bonchev–Trinajstić information content (AvgIpc) is 0.769. The standard InChI is InChI=1S/C39H43ClFN5O4.C39H41F4N5O4/c1-44-22-32(31-21-27(41)5-8-30(31)39(44)49)26-19-34(40)33(36(20-26)50-2)23-45-15-13-29(14-16-45)46-17-11-25(12-18-46)24-3-6-28(7-4-24)42-35-9-10-37(47)43-38(35)48;1-46-23-33(32-21-28(40)6-9-31(32)38(46)51)26-2-3-27(35(20-26)52-39(41,42)43)22-47-16-14-30(15-17-47)48-18-12-25(13-19-48)24-4-7-29(8-5-24)44-34-10-11-36(49)45-37(34)50/h3-8,19-22,25,29,35,42H,9-18,23H2,1-2H3,(H,43,47,48);2-9,20-21,23,25,30,34,44H,10-19,22H2,1H3,(H,45,49,50). The number of anilines is 2. The molecule has 18 nitrogen and oxygen atoms in total. The van der Waals surface area contributed by atoms with Crippen LogP contribution in [0.2, 0.25) is 5.02 Å². The summed E-state index contributed by atoms with van der Waals surface area (Å²) in [6.45, 7) is 8.49. The first-order valence-electron chi connectivity index (χ1n) is 35.2. The fraction of sp³-hybridized carbons (Fsp3) is 0.410. The number of aromatic nitrogens is 2. The largest absolute Gasteiger partial charge is 0.573 e. The van der Waals surface area contributed by atoms with E-state index in [4.69, 9.17) is 16.3 Å². The lowest BCUT2D eigenvalue weighted by Gasteiger charge is -2.42. The van der Waals surface area contributed by atoms with Gasteiger partial charge in [0.2, 0.25) is 23.6 Å². The number of fused-ring (bicyclic) bond motifs is 2. The van der Waals surface area contributed by atoms with Gasteiger partial charge in [-0.05, 0) is 240 Å². The third-order valence-corrected chi connectivity index (χ3v) is 21.8. The number of amides is 4. The van der Waals surface area contributed by atoms with Crippen molar-refractivity contribution in [3.63, 3.8) is 0 Å². The van der Waals surface area contributed by atoms with Crippen molar-refractivity contribution >= 4 is 68.1 Å². The van der Waals surface area contributed by atoms with E-state index in [9.17, 15) is 50.7 Å². The number of carbonyl (C=O) groups is 4. The monoisotopic (exact) mass is 1420 g/mol. The van der Waals surface area contributed by atoms with Crippen molar-refractivity contribution in [1.29, 1.82) is 0 Å². The number of pyridine rings is 2. The van der Waals surface area contributed by atoms with Crippen LogP contribution >= 0.6 is 11.6 Å². The van der Waals surface area contributed by atoms with Gasteiger partial charge in [0.05, 0.1) is 7.11 Å². The molecule has 0 bridgehead atoms. The van der Waals surface area contributed by atoms with E-state index in [-0.39, 0.29) is 58.5 Å². The highest BCUT2D eigenvalue weighted by atomic mass is 35.5. The summed E-state index contributed by atoms with van der Waals surface area (Å²) in [6.07, 6.45) is 8.32. The number of ether oxygens (including phenoxy) is 2. The molecule has 6 aliphatic rings. The van der Waals surface area contributed by atoms with Crippen LogP contribution in [-0.4, -0.2) is 142 Å². The van der Waals surface area contributed by atoms with Crippen LogP contribution in [0.1, 0.15) is 111 Å². The molecule has 102 heavy (non-hydrogen) atoms. The number of carbonyl (C=O) groups excluding carboxylic acids is 4. The van der Waals surface area contributed by atoms with Crippen molar-refractivity contribution in [3.8, 4) is 33.8 Å². The zero-order chi connectivity index (χ0) is 71.5. The summed E-state index contributed by atoms with van der Waals surface area (Å²) >= 11 is 6.93. The van der Waals surface area contributed by atoms with Crippen LogP contribution in [-0.2, 0) is 46.4 Å². The van der Waals surface area contributed by atoms with Gasteiger partial charge in [-0.15, -0.1) is 13.2 Å². The Morgan fingerprint density at radius 3 is 1.38 bits per heavy atom. The molecule has 0 aliphatic carbocycles. The van der Waals surface area contributed by atoms with Crippen molar-refractivity contribution in [3.05, 3.63) is 187 Å². The van der Waals surface area contributed by atoms with E-state index in [2.05, 4.69) is 69.9 Å². The van der Waals surface area contributed by atoms with Crippen molar-refractivity contribution in [2.24, 2.45) is 14.1 Å². The van der Waals surface area contributed by atoms with Crippen LogP contribution in [0.5, 0.6) is 11.5 Å². The highest BCUT2D eigenvalue weighted by Gasteiger charge is 2.36. The lowest BCUT2D eigenvalue weighted by Crippen LogP contribution is -2.47. The molecular formula is C78H84ClF5N10O8. The Morgan fingerprint density at radius 1 is 0.500 bits per heavy atom. The number of likely N-dealkylation sites (tertiary alicyclic amines) is 4. The third-order valence-electron chi connectivity index (χ3n) is 21.5. The van der Waals surface area contributed by atoms with E-state index in [1.165, 1.54) is 68.9 Å². The molecule has 6 aliphatic heterocycles. The number of piperidine rings is 6. The summed E-state index contributed by atoms with van der Waals surface area (Å²) in [6, 6.07) is 33.3. The minimum absolute atomic E-state index is 0.181. The Balaban J connectivity index is 0.000000182. The number of hydrogen-bond acceptors (Lipinski definition) is 14. The number of alkyl halides is 3. The summed E-state index contributed by atoms with van der Waals surface area (Å²) in [7, 11) is 4.88. The maximum Gasteiger partial charge on any atom is 0.573 e. The fourth-order valence-corrected chi connectivity index (χ4v) is 16.1. The molecule has 4 amide bonds. The number of benzene rings is 6. The number of rotatable bonds is 16. The lowest BCUT2D eigenvalue weighted by atomic mass is 9.88. The van der Waals surface area contributed by atoms with Crippen LogP contribution in [0, 0.1) is 11.6 Å². The molecule has 2 unspecified atom stereocenters. The second-order valence-corrected chi connectivity index (χ2v) is 28.4. The molecule has 6 aromatic carbocycles. The van der Waals surface area contributed by atoms with E-state index in [1.54, 1.807) is 39.5 Å². The number of nitrogens with zero attached hydrogens (tertiary/aromatic N) is 6. The zero-order valence-electron chi connectivity index (χ0n) is 57.4. The molecular weight excluding hydrogens is 1340 g/mol. The van der Waals surface area contributed by atoms with Crippen LogP contribution in [0.25, 0.3) is 43.8 Å². The van der Waals surface area contributed by atoms with E-state index < -0.39 is 24.0 Å². The molecule has 4 N–H and O–H groups in total. The Morgan fingerprint density at radius 2 is 0.941 bits per heavy atom. The van der Waals surface area contributed by atoms with E-state index in [0.29, 0.717) is 99.8 Å². The van der Waals surface area contributed by atoms with Gasteiger partial charge in [-0.2, -0.15) is 0 Å². The number of methoxy groups -OCH3 is 1. The predicted molar refractivity (Wildman–Crippen MR) is 384 cm³/mol. The second kappa shape index (κ2) is 30.9. The predicted octanol–water partition coefficient (Wildman–Crippen LogP) is 12.4. The highest BCUT2D eigenvalue weighted by molar-refractivity contribution is 6.32. The first-order valence-corrected chi connectivity index (χ1v) is 35.6. The molecule has 24 heteroatoms. The molecule has 14 rings (SSSR count). The minimum Gasteiger partial charge on any atom is -0.496 e. The first-order chi connectivity index (χ1) is 49.1. The minimum atomic E-state index is -4.90. The smallest absolute Gasteiger partial charge is 0.496 e. The maximum absolute atomic E-state index is 14.3. The maximum atomic E-state index is 14.3. The number of nitrogens with one attached hydrogen (secondary N) is 4. The molecule has 8 aromatic rings. The Bertz CT molecular complexity index is 4560. The Kier molecular flexibility index (Phi) is 21.6. The fourth-order valence-electron chi connectivity index (χ4n) is 15.8. The topological polar surface area (TPSA) is 192 Å². The molecule has 0 radical (unpaired) electrons. The molecule has 6 fully saturated rings. The quantitative estimate of drug-likeness (QED) is 0.0528. The number of halogens is 6. The van der Waals surface area contributed by atoms with Gasteiger partial charge >= 0.3 is 6.36 Å². The molecule has 0 saturated carbocycles. The average molecular weight is 1420 g/mol. The van der Waals surface area contributed by atoms with Crippen molar-refractivity contribution in [1.82, 2.24) is 39.4 Å². The number of hydrogen-bond donors (Lipinski definition) is 4. The summed E-state index contributed by atoms with van der Waals surface area (Å²) in [5.41, 5.74) is 7.47. The van der Waals surface area contributed by atoms with Gasteiger partial charge in [0.25, 0.3) is 11.1 Å². The van der Waals surface area contributed by atoms with Crippen LogP contribution < -0.4 is 41.9 Å². The molecule has 6 saturated heterocycles. The van der Waals surface area contributed by atoms with Crippen molar-refractivity contribution in [2.75, 3.05) is 70.1 Å². The molecule has 2 aromatic heterocycles. The van der Waals surface area contributed by atoms with Gasteiger partial charge in [0, 0.05) is 114 Å². The second-order valence-electron chi connectivity index (χ2n) is 28.0. The summed E-state index contributed by atoms with van der Waals surface area (Å²) < 4.78 is 82.5. The van der Waals surface area contributed by atoms with Gasteiger partial charge in [0.1, 0.15) is 35.2 Å². The number of imide groups is 2. The van der Waals surface area contributed by atoms with Crippen molar-refractivity contribution < 1.29 is 50.6 Å². The van der Waals surface area contributed by atoms with Crippen LogP contribution in [0.4, 0.5) is 33.3 Å². The summed E-state index contributed by atoms with van der Waals surface area (Å²) in [5.74, 6) is -0.616. The van der Waals surface area contributed by atoms with E-state index in [1.807, 2.05) is 36.4 Å². The van der Waals surface area contributed by atoms with Gasteiger partial charge in [-0.3, -0.25) is 49.2 Å². The molecule has 8 heterocycles. The molecule has 536 valence electrons. The Hall–Kier alpha value is -9.00. The zero-order valence-corrected chi connectivity index (χ0v) is 58.1. The van der Waals surface area contributed by atoms with Gasteiger partial charge in [-0.25, -0.2) is 8.78 Å². The summed E-state index contributed by atoms with van der Waals surface area (Å²) in [5, 5.41) is 13.4. The summed E-state index contributed by atoms with van der Waals surface area (Å²) in [4.78, 5) is 82.3. The molecule has 0 spiro atoms. The van der Waals surface area contributed by atoms with Crippen LogP contribution in [0.15, 0.2) is 137 Å². The third kappa shape index (κ3) is 16.6. The normalized spacial score (nSPS) is 19.9. The van der Waals surface area contributed by atoms with Crippen molar-refractivity contribution in [2.45, 2.75) is 133 Å². The highest BCUT2D eigenvalue weighted by Crippen LogP contribution is 2.40. The van der Waals surface area contributed by atoms with Gasteiger partial charge < -0.3 is 39.0 Å². The van der Waals surface area contributed by atoms with Crippen LogP contribution in [0.3, 0.4) is 0 Å². The van der Waals surface area contributed by atoms with E-state index >= 15 is 0 Å². The first kappa shape index (κ1) is 71.4. The lowest BCUT2D eigenvalue weighted by molar-refractivity contribution is -0.275. The number of aryl methyl sites for hydroxylation is 2. The molecule has 2 atom stereocenters. The van der Waals surface area contributed by atoms with E-state index in [0.717, 1.165) is 132 Å². The van der Waals surface area contributed by atoms with Gasteiger partial charge in [-0.1, -0.05) is 48.0 Å². The van der Waals surface area contributed by atoms with Gasteiger partial charge in [0.15, 0.2) is 0 Å². The SMILES string of the molecule is COc1cc(-c2cn(C)c(=O)c3ccc(F)cc23)cc(Cl)c1CN1CCC(N2CCC(c3ccc(NC4CCC(=O)NC4=O)cc3)CC2)CC1.Cn1cc(-c2ccc(CN3CCC(N4CCC(c5ccc(NC6CCC(=O)NC6=O)cc5)CC4)CC3)c(OC(F)(F)F)c2)c2cc(F)ccc2c1=O.